The highest BCUT2D eigenvalue weighted by molar-refractivity contribution is 7.99. The highest BCUT2D eigenvalue weighted by Gasteiger charge is 2.03. The van der Waals surface area contributed by atoms with Gasteiger partial charge in [-0.1, -0.05) is 0 Å². The van der Waals surface area contributed by atoms with Gasteiger partial charge in [-0.3, -0.25) is 0 Å². The molecule has 106 valence electrons. The zero-order valence-electron chi connectivity index (χ0n) is 11.5. The highest BCUT2D eigenvalue weighted by Crippen LogP contribution is 2.19. The van der Waals surface area contributed by atoms with Crippen LogP contribution < -0.4 is 5.32 Å². The second-order valence-electron chi connectivity index (χ2n) is 4.13. The molecular weight excluding hydrogens is 274 g/mol. The minimum absolute atomic E-state index is 0.649. The molecule has 0 amide bonds. The van der Waals surface area contributed by atoms with Crippen molar-refractivity contribution in [1.29, 1.82) is 0 Å². The van der Waals surface area contributed by atoms with E-state index in [2.05, 4.69) is 25.3 Å². The highest BCUT2D eigenvalue weighted by atomic mass is 32.2. The Kier molecular flexibility index (Phi) is 5.85. The lowest BCUT2D eigenvalue weighted by atomic mass is 10.3. The lowest BCUT2D eigenvalue weighted by Crippen LogP contribution is -2.18. The first kappa shape index (κ1) is 14.8. The molecule has 2 aromatic rings. The van der Waals surface area contributed by atoms with Gasteiger partial charge in [0.15, 0.2) is 10.3 Å². The molecule has 0 aliphatic heterocycles. The van der Waals surface area contributed by atoms with E-state index >= 15 is 0 Å². The van der Waals surface area contributed by atoms with Crippen LogP contribution in [0.5, 0.6) is 0 Å². The topological polar surface area (TPSA) is 72.8 Å². The van der Waals surface area contributed by atoms with Crippen LogP contribution >= 0.6 is 11.8 Å². The molecule has 6 nitrogen and oxygen atoms in total. The number of nitrogens with one attached hydrogen (secondary N) is 1. The second-order valence-corrected chi connectivity index (χ2v) is 5.06. The Morgan fingerprint density at radius 2 is 2.00 bits per heavy atom. The molecule has 0 bridgehead atoms. The lowest BCUT2D eigenvalue weighted by Gasteiger charge is -2.04. The second kappa shape index (κ2) is 7.88. The minimum Gasteiger partial charge on any atom is -0.383 e. The largest absolute Gasteiger partial charge is 0.383 e. The fraction of sp³-hybridized carbons (Fsp3) is 0.385. The van der Waals surface area contributed by atoms with Crippen LogP contribution in [-0.2, 0) is 11.3 Å². The Balaban J connectivity index is 1.88. The maximum Gasteiger partial charge on any atom is 0.195 e. The Hall–Kier alpha value is -1.57. The van der Waals surface area contributed by atoms with Gasteiger partial charge in [0, 0.05) is 50.0 Å². The third-order valence-corrected chi connectivity index (χ3v) is 3.22. The van der Waals surface area contributed by atoms with Crippen LogP contribution in [0.1, 0.15) is 11.3 Å². The fourth-order valence-corrected chi connectivity index (χ4v) is 2.13. The van der Waals surface area contributed by atoms with E-state index in [0.717, 1.165) is 24.3 Å². The fourth-order valence-electron chi connectivity index (χ4n) is 1.45. The molecule has 7 heteroatoms. The molecule has 0 aliphatic rings. The predicted octanol–water partition coefficient (Wildman–Crippen LogP) is 1.46. The zero-order chi connectivity index (χ0) is 14.2. The van der Waals surface area contributed by atoms with Gasteiger partial charge in [0.2, 0.25) is 0 Å². The van der Waals surface area contributed by atoms with Crippen molar-refractivity contribution < 1.29 is 4.74 Å². The molecule has 0 aliphatic carbocycles. The summed E-state index contributed by atoms with van der Waals surface area (Å²) in [7, 11) is 1.68. The van der Waals surface area contributed by atoms with E-state index in [1.54, 1.807) is 13.3 Å². The van der Waals surface area contributed by atoms with E-state index in [1.807, 2.05) is 25.4 Å². The first-order valence-corrected chi connectivity index (χ1v) is 7.07. The molecule has 0 fully saturated rings. The molecular formula is C13H17N5OS. The van der Waals surface area contributed by atoms with E-state index in [4.69, 9.17) is 4.74 Å². The monoisotopic (exact) mass is 291 g/mol. The number of methoxy groups -OCH3 is 1. The van der Waals surface area contributed by atoms with Gasteiger partial charge in [-0.25, -0.2) is 19.9 Å². The third-order valence-electron chi connectivity index (χ3n) is 2.45. The Morgan fingerprint density at radius 3 is 2.70 bits per heavy atom. The number of aromatic nitrogens is 4. The summed E-state index contributed by atoms with van der Waals surface area (Å²) in [6.07, 6.45) is 5.36. The maximum absolute atomic E-state index is 4.96. The molecule has 0 unspecified atom stereocenters. The smallest absolute Gasteiger partial charge is 0.195 e. The standard InChI is InChI=1S/C13H17N5OS/c1-10-3-4-15-13(18-10)20-12-16-8-11(9-17-12)7-14-5-6-19-2/h3-4,8-9,14H,5-7H2,1-2H3. The molecule has 0 saturated heterocycles. The lowest BCUT2D eigenvalue weighted by molar-refractivity contribution is 0.199. The molecule has 1 N–H and O–H groups in total. The quantitative estimate of drug-likeness (QED) is 0.611. The summed E-state index contributed by atoms with van der Waals surface area (Å²) < 4.78 is 4.96. The SMILES string of the molecule is COCCNCc1cnc(Sc2nccc(C)n2)nc1. The Labute approximate surface area is 122 Å². The van der Waals surface area contributed by atoms with Crippen molar-refractivity contribution in [2.45, 2.75) is 23.8 Å². The van der Waals surface area contributed by atoms with Crippen LogP contribution in [0.25, 0.3) is 0 Å². The summed E-state index contributed by atoms with van der Waals surface area (Å²) in [5.74, 6) is 0. The molecule has 0 radical (unpaired) electrons. The van der Waals surface area contributed by atoms with Crippen molar-refractivity contribution in [2.24, 2.45) is 0 Å². The van der Waals surface area contributed by atoms with Crippen LogP contribution in [0.4, 0.5) is 0 Å². The van der Waals surface area contributed by atoms with Gasteiger partial charge in [-0.15, -0.1) is 0 Å². The van der Waals surface area contributed by atoms with E-state index in [-0.39, 0.29) is 0 Å². The van der Waals surface area contributed by atoms with E-state index in [9.17, 15) is 0 Å². The summed E-state index contributed by atoms with van der Waals surface area (Å²) in [4.78, 5) is 17.1. The third kappa shape index (κ3) is 4.84. The molecule has 0 atom stereocenters. The summed E-state index contributed by atoms with van der Waals surface area (Å²) in [5.41, 5.74) is 1.97. The molecule has 2 heterocycles. The van der Waals surface area contributed by atoms with Gasteiger partial charge in [0.1, 0.15) is 0 Å². The van der Waals surface area contributed by atoms with Crippen LogP contribution in [0.2, 0.25) is 0 Å². The van der Waals surface area contributed by atoms with Gasteiger partial charge in [-0.2, -0.15) is 0 Å². The number of hydrogen-bond donors (Lipinski definition) is 1. The van der Waals surface area contributed by atoms with Crippen molar-refractivity contribution in [1.82, 2.24) is 25.3 Å². The first-order valence-electron chi connectivity index (χ1n) is 6.26. The van der Waals surface area contributed by atoms with Crippen molar-refractivity contribution in [3.8, 4) is 0 Å². The number of rotatable bonds is 7. The first-order chi connectivity index (χ1) is 9.78. The Bertz CT molecular complexity index is 535. The summed E-state index contributed by atoms with van der Waals surface area (Å²) in [6.45, 7) is 4.17. The molecule has 0 spiro atoms. The summed E-state index contributed by atoms with van der Waals surface area (Å²) in [5, 5.41) is 4.55. The van der Waals surface area contributed by atoms with Gasteiger partial charge >= 0.3 is 0 Å². The number of aryl methyl sites for hydroxylation is 1. The van der Waals surface area contributed by atoms with E-state index < -0.39 is 0 Å². The van der Waals surface area contributed by atoms with Crippen LogP contribution in [0.15, 0.2) is 35.0 Å². The van der Waals surface area contributed by atoms with Crippen LogP contribution in [0.3, 0.4) is 0 Å². The molecule has 2 aromatic heterocycles. The predicted molar refractivity (Wildman–Crippen MR) is 76.5 cm³/mol. The average Bonchev–Trinajstić information content (AvgIpc) is 2.45. The van der Waals surface area contributed by atoms with Gasteiger partial charge < -0.3 is 10.1 Å². The van der Waals surface area contributed by atoms with Gasteiger partial charge in [0.05, 0.1) is 6.61 Å². The van der Waals surface area contributed by atoms with E-state index in [0.29, 0.717) is 16.9 Å². The molecule has 2 rings (SSSR count). The van der Waals surface area contributed by atoms with Crippen molar-refractivity contribution in [3.05, 3.63) is 35.9 Å². The van der Waals surface area contributed by atoms with Crippen molar-refractivity contribution in [2.75, 3.05) is 20.3 Å². The van der Waals surface area contributed by atoms with Crippen LogP contribution in [0, 0.1) is 6.92 Å². The van der Waals surface area contributed by atoms with Gasteiger partial charge in [0.25, 0.3) is 0 Å². The normalized spacial score (nSPS) is 10.7. The molecule has 0 saturated carbocycles. The number of ether oxygens (including phenoxy) is 1. The van der Waals surface area contributed by atoms with E-state index in [1.165, 1.54) is 11.8 Å². The number of hydrogen-bond acceptors (Lipinski definition) is 7. The maximum atomic E-state index is 4.96. The Morgan fingerprint density at radius 1 is 1.20 bits per heavy atom. The molecule has 20 heavy (non-hydrogen) atoms. The zero-order valence-corrected chi connectivity index (χ0v) is 12.4. The molecule has 0 aromatic carbocycles. The average molecular weight is 291 g/mol. The number of nitrogens with zero attached hydrogens (tertiary/aromatic N) is 4. The van der Waals surface area contributed by atoms with Crippen LogP contribution in [-0.4, -0.2) is 40.2 Å². The minimum atomic E-state index is 0.649. The summed E-state index contributed by atoms with van der Waals surface area (Å²) >= 11 is 1.36. The van der Waals surface area contributed by atoms with Crippen molar-refractivity contribution in [3.63, 3.8) is 0 Å². The van der Waals surface area contributed by atoms with Crippen molar-refractivity contribution >= 4 is 11.8 Å². The van der Waals surface area contributed by atoms with Gasteiger partial charge in [-0.05, 0) is 24.8 Å². The summed E-state index contributed by atoms with van der Waals surface area (Å²) in [6, 6.07) is 1.86.